The van der Waals surface area contributed by atoms with Gasteiger partial charge in [0.25, 0.3) is 0 Å². The molecule has 0 aliphatic carbocycles. The first-order valence-corrected chi connectivity index (χ1v) is 6.55. The van der Waals surface area contributed by atoms with E-state index in [0.717, 1.165) is 12.2 Å². The number of hydrogen-bond acceptors (Lipinski definition) is 4. The number of ether oxygens (including phenoxy) is 1. The van der Waals surface area contributed by atoms with E-state index in [1.54, 1.807) is 16.7 Å². The molecule has 1 aliphatic heterocycles. The maximum Gasteiger partial charge on any atom is 0.409 e. The highest BCUT2D eigenvalue weighted by Gasteiger charge is 2.21. The van der Waals surface area contributed by atoms with Crippen LogP contribution in [0.15, 0.2) is 0 Å². The Labute approximate surface area is 94.3 Å². The maximum atomic E-state index is 11.5. The summed E-state index contributed by atoms with van der Waals surface area (Å²) in [5, 5.41) is 0. The van der Waals surface area contributed by atoms with E-state index in [-0.39, 0.29) is 11.9 Å². The van der Waals surface area contributed by atoms with Gasteiger partial charge in [-0.3, -0.25) is 4.79 Å². The third-order valence-electron chi connectivity index (χ3n) is 2.30. The number of likely N-dealkylation sites (tertiary alicyclic amines) is 1. The fourth-order valence-electron chi connectivity index (χ4n) is 1.39. The van der Waals surface area contributed by atoms with Crippen molar-refractivity contribution >= 4 is 23.6 Å². The molecule has 0 aromatic heterocycles. The highest BCUT2D eigenvalue weighted by molar-refractivity contribution is 7.98. The molecule has 86 valence electrons. The van der Waals surface area contributed by atoms with E-state index in [1.165, 1.54) is 0 Å². The van der Waals surface area contributed by atoms with Crippen molar-refractivity contribution in [2.75, 3.05) is 31.7 Å². The molecule has 1 aliphatic rings. The molecule has 4 nitrogen and oxygen atoms in total. The molecule has 1 saturated heterocycles. The Morgan fingerprint density at radius 2 is 2.13 bits per heavy atom. The molecule has 0 bridgehead atoms. The Bertz CT molecular complexity index is 223. The van der Waals surface area contributed by atoms with Gasteiger partial charge in [0.05, 0.1) is 6.61 Å². The summed E-state index contributed by atoms with van der Waals surface area (Å²) in [5.74, 6) is 1.24. The van der Waals surface area contributed by atoms with Gasteiger partial charge in [-0.25, -0.2) is 4.79 Å². The second-order valence-corrected chi connectivity index (χ2v) is 4.47. The van der Waals surface area contributed by atoms with Crippen LogP contribution in [0.5, 0.6) is 0 Å². The molecule has 0 saturated carbocycles. The van der Waals surface area contributed by atoms with Crippen molar-refractivity contribution in [2.45, 2.75) is 19.3 Å². The van der Waals surface area contributed by atoms with Crippen molar-refractivity contribution < 1.29 is 14.3 Å². The minimum Gasteiger partial charge on any atom is -0.449 e. The van der Waals surface area contributed by atoms with Crippen molar-refractivity contribution in [3.8, 4) is 0 Å². The van der Waals surface area contributed by atoms with Crippen LogP contribution in [-0.2, 0) is 9.53 Å². The zero-order valence-electron chi connectivity index (χ0n) is 9.03. The van der Waals surface area contributed by atoms with Crippen molar-refractivity contribution in [3.63, 3.8) is 0 Å². The van der Waals surface area contributed by atoms with Gasteiger partial charge >= 0.3 is 6.09 Å². The molecule has 0 spiro atoms. The molecule has 1 rings (SSSR count). The van der Waals surface area contributed by atoms with Crippen LogP contribution in [0, 0.1) is 0 Å². The Balaban J connectivity index is 2.14. The number of carbonyl (C=O) groups is 2. The third kappa shape index (κ3) is 4.55. The van der Waals surface area contributed by atoms with Gasteiger partial charge in [0.1, 0.15) is 5.78 Å². The summed E-state index contributed by atoms with van der Waals surface area (Å²) in [6.07, 6.45) is 3.58. The fraction of sp³-hybridized carbons (Fsp3) is 0.800. The SMILES string of the molecule is CSCCCOC(=O)N1CCC(=O)CC1. The number of piperidine rings is 1. The summed E-state index contributed by atoms with van der Waals surface area (Å²) < 4.78 is 5.08. The van der Waals surface area contributed by atoms with Crippen LogP contribution >= 0.6 is 11.8 Å². The Morgan fingerprint density at radius 3 is 2.73 bits per heavy atom. The lowest BCUT2D eigenvalue weighted by molar-refractivity contribution is -0.121. The number of ketones is 1. The highest BCUT2D eigenvalue weighted by atomic mass is 32.2. The summed E-state index contributed by atoms with van der Waals surface area (Å²) in [7, 11) is 0. The van der Waals surface area contributed by atoms with Gasteiger partial charge in [0.15, 0.2) is 0 Å². The highest BCUT2D eigenvalue weighted by Crippen LogP contribution is 2.07. The van der Waals surface area contributed by atoms with E-state index in [0.29, 0.717) is 32.5 Å². The quantitative estimate of drug-likeness (QED) is 0.689. The van der Waals surface area contributed by atoms with E-state index in [2.05, 4.69) is 0 Å². The summed E-state index contributed by atoms with van der Waals surface area (Å²) >= 11 is 1.74. The molecule has 0 aromatic carbocycles. The third-order valence-corrected chi connectivity index (χ3v) is 2.99. The Kier molecular flexibility index (Phi) is 5.53. The van der Waals surface area contributed by atoms with E-state index in [4.69, 9.17) is 4.74 Å². The minimum atomic E-state index is -0.274. The van der Waals surface area contributed by atoms with E-state index >= 15 is 0 Å². The van der Waals surface area contributed by atoms with Gasteiger partial charge in [-0.05, 0) is 18.4 Å². The van der Waals surface area contributed by atoms with E-state index < -0.39 is 0 Å². The van der Waals surface area contributed by atoms with Crippen LogP contribution in [0.3, 0.4) is 0 Å². The lowest BCUT2D eigenvalue weighted by Crippen LogP contribution is -2.39. The second-order valence-electron chi connectivity index (χ2n) is 3.49. The van der Waals surface area contributed by atoms with Gasteiger partial charge in [0, 0.05) is 25.9 Å². The normalized spacial score (nSPS) is 16.6. The summed E-state index contributed by atoms with van der Waals surface area (Å²) in [5.41, 5.74) is 0. The molecular formula is C10H17NO3S. The molecule has 0 N–H and O–H groups in total. The smallest absolute Gasteiger partial charge is 0.409 e. The molecule has 0 atom stereocenters. The van der Waals surface area contributed by atoms with Crippen LogP contribution in [0.4, 0.5) is 4.79 Å². The molecule has 0 aromatic rings. The van der Waals surface area contributed by atoms with Crippen LogP contribution < -0.4 is 0 Å². The monoisotopic (exact) mass is 231 g/mol. The average Bonchev–Trinajstić information content (AvgIpc) is 2.25. The number of amides is 1. The van der Waals surface area contributed by atoms with E-state index in [1.807, 2.05) is 6.26 Å². The standard InChI is InChI=1S/C10H17NO3S/c1-15-8-2-7-14-10(13)11-5-3-9(12)4-6-11/h2-8H2,1H3. The van der Waals surface area contributed by atoms with Gasteiger partial charge < -0.3 is 9.64 Å². The lowest BCUT2D eigenvalue weighted by atomic mass is 10.1. The summed E-state index contributed by atoms with van der Waals surface area (Å²) in [6, 6.07) is 0. The predicted octanol–water partition coefficient (Wildman–Crippen LogP) is 1.54. The van der Waals surface area contributed by atoms with Gasteiger partial charge in [-0.1, -0.05) is 0 Å². The van der Waals surface area contributed by atoms with Gasteiger partial charge in [-0.2, -0.15) is 11.8 Å². The number of nitrogens with zero attached hydrogens (tertiary/aromatic N) is 1. The predicted molar refractivity (Wildman–Crippen MR) is 60.2 cm³/mol. The molecule has 5 heteroatoms. The molecule has 0 unspecified atom stereocenters. The fourth-order valence-corrected chi connectivity index (χ4v) is 1.80. The summed E-state index contributed by atoms with van der Waals surface area (Å²) in [4.78, 5) is 24.0. The lowest BCUT2D eigenvalue weighted by Gasteiger charge is -2.25. The van der Waals surface area contributed by atoms with Gasteiger partial charge in [-0.15, -0.1) is 0 Å². The van der Waals surface area contributed by atoms with Crippen molar-refractivity contribution in [3.05, 3.63) is 0 Å². The van der Waals surface area contributed by atoms with Crippen LogP contribution in [0.25, 0.3) is 0 Å². The summed E-state index contributed by atoms with van der Waals surface area (Å²) in [6.45, 7) is 1.50. The first-order valence-electron chi connectivity index (χ1n) is 5.16. The molecule has 0 radical (unpaired) electrons. The maximum absolute atomic E-state index is 11.5. The molecule has 15 heavy (non-hydrogen) atoms. The molecule has 1 heterocycles. The number of thioether (sulfide) groups is 1. The number of Topliss-reactive ketones (excluding diaryl/α,β-unsaturated/α-hetero) is 1. The molecule has 1 amide bonds. The Hall–Kier alpha value is -0.710. The first kappa shape index (κ1) is 12.4. The zero-order chi connectivity index (χ0) is 11.1. The first-order chi connectivity index (χ1) is 7.24. The minimum absolute atomic E-state index is 0.237. The number of carbonyl (C=O) groups excluding carboxylic acids is 2. The van der Waals surface area contributed by atoms with Gasteiger partial charge in [0.2, 0.25) is 0 Å². The molecular weight excluding hydrogens is 214 g/mol. The number of hydrogen-bond donors (Lipinski definition) is 0. The van der Waals surface area contributed by atoms with Crippen LogP contribution in [-0.4, -0.2) is 48.5 Å². The topological polar surface area (TPSA) is 46.6 Å². The van der Waals surface area contributed by atoms with Crippen molar-refractivity contribution in [1.29, 1.82) is 0 Å². The molecule has 1 fully saturated rings. The van der Waals surface area contributed by atoms with Crippen molar-refractivity contribution in [2.24, 2.45) is 0 Å². The zero-order valence-corrected chi connectivity index (χ0v) is 9.85. The van der Waals surface area contributed by atoms with Crippen LogP contribution in [0.2, 0.25) is 0 Å². The largest absolute Gasteiger partial charge is 0.449 e. The number of rotatable bonds is 4. The average molecular weight is 231 g/mol. The van der Waals surface area contributed by atoms with E-state index in [9.17, 15) is 9.59 Å². The second kappa shape index (κ2) is 6.71. The van der Waals surface area contributed by atoms with Crippen LogP contribution in [0.1, 0.15) is 19.3 Å². The van der Waals surface area contributed by atoms with Crippen molar-refractivity contribution in [1.82, 2.24) is 4.90 Å². The Morgan fingerprint density at radius 1 is 1.47 bits per heavy atom.